The molecule has 0 radical (unpaired) electrons. The number of para-hydroxylation sites is 1. The van der Waals surface area contributed by atoms with Crippen LogP contribution in [0.25, 0.3) is 11.1 Å². The summed E-state index contributed by atoms with van der Waals surface area (Å²) >= 11 is 0. The van der Waals surface area contributed by atoms with E-state index in [1.54, 1.807) is 6.20 Å². The van der Waals surface area contributed by atoms with Crippen molar-refractivity contribution in [2.24, 2.45) is 0 Å². The number of hydrogen-bond acceptors (Lipinski definition) is 4. The van der Waals surface area contributed by atoms with Crippen LogP contribution in [-0.2, 0) is 4.79 Å². The number of nitrogens with one attached hydrogen (secondary N) is 1. The number of carbonyl (C=O) groups excluding carboxylic acids is 1. The van der Waals surface area contributed by atoms with Gasteiger partial charge in [0.2, 0.25) is 0 Å². The number of benzene rings is 2. The fourth-order valence-electron chi connectivity index (χ4n) is 3.63. The molecular formula is C24H25N3O2. The van der Waals surface area contributed by atoms with E-state index in [4.69, 9.17) is 4.74 Å². The highest BCUT2D eigenvalue weighted by Gasteiger charge is 2.17. The van der Waals surface area contributed by atoms with Crippen LogP contribution in [0.2, 0.25) is 0 Å². The molecule has 1 N–H and O–H groups in total. The summed E-state index contributed by atoms with van der Waals surface area (Å²) in [4.78, 5) is 19.3. The van der Waals surface area contributed by atoms with Crippen LogP contribution < -0.4 is 15.0 Å². The lowest BCUT2D eigenvalue weighted by molar-refractivity contribution is -0.118. The number of rotatable bonds is 6. The normalized spacial score (nSPS) is 13.7. The molecule has 148 valence electrons. The van der Waals surface area contributed by atoms with Crippen molar-refractivity contribution in [1.29, 1.82) is 0 Å². The number of piperidine rings is 1. The largest absolute Gasteiger partial charge is 0.483 e. The number of aromatic nitrogens is 1. The smallest absolute Gasteiger partial charge is 0.262 e. The quantitative estimate of drug-likeness (QED) is 0.663. The number of ether oxygens (including phenoxy) is 1. The van der Waals surface area contributed by atoms with E-state index in [0.29, 0.717) is 5.75 Å². The number of pyridine rings is 1. The van der Waals surface area contributed by atoms with Gasteiger partial charge in [-0.3, -0.25) is 4.79 Å². The van der Waals surface area contributed by atoms with Crippen LogP contribution in [0.15, 0.2) is 72.9 Å². The summed E-state index contributed by atoms with van der Waals surface area (Å²) in [5.74, 6) is 1.33. The van der Waals surface area contributed by atoms with Crippen LogP contribution in [0.5, 0.6) is 5.75 Å². The lowest BCUT2D eigenvalue weighted by Gasteiger charge is -2.29. The molecular weight excluding hydrogens is 362 g/mol. The Balaban J connectivity index is 1.43. The summed E-state index contributed by atoms with van der Waals surface area (Å²) in [6.07, 6.45) is 5.33. The fraction of sp³-hybridized carbons (Fsp3) is 0.250. The molecule has 2 heterocycles. The third kappa shape index (κ3) is 4.74. The monoisotopic (exact) mass is 387 g/mol. The first-order valence-electron chi connectivity index (χ1n) is 10.1. The predicted octanol–water partition coefficient (Wildman–Crippen LogP) is 4.76. The molecule has 2 aromatic carbocycles. The lowest BCUT2D eigenvalue weighted by Crippen LogP contribution is -2.31. The van der Waals surface area contributed by atoms with Gasteiger partial charge in [-0.25, -0.2) is 4.98 Å². The zero-order valence-corrected chi connectivity index (χ0v) is 16.4. The summed E-state index contributed by atoms with van der Waals surface area (Å²) in [5, 5.41) is 2.97. The topological polar surface area (TPSA) is 54.5 Å². The molecule has 3 aromatic rings. The Labute approximate surface area is 171 Å². The van der Waals surface area contributed by atoms with Crippen LogP contribution in [0.4, 0.5) is 11.5 Å². The molecule has 1 aliphatic rings. The maximum Gasteiger partial charge on any atom is 0.262 e. The molecule has 0 bridgehead atoms. The minimum Gasteiger partial charge on any atom is -0.483 e. The summed E-state index contributed by atoms with van der Waals surface area (Å²) < 4.78 is 5.86. The van der Waals surface area contributed by atoms with Crippen molar-refractivity contribution in [2.45, 2.75) is 19.3 Å². The van der Waals surface area contributed by atoms with Gasteiger partial charge in [0.25, 0.3) is 5.91 Å². The molecule has 1 aliphatic heterocycles. The minimum absolute atomic E-state index is 0.0574. The SMILES string of the molecule is O=C(COc1ccccc1-c1ccccc1)Nc1cccnc1N1CCCCC1. The Morgan fingerprint density at radius 3 is 2.52 bits per heavy atom. The van der Waals surface area contributed by atoms with Gasteiger partial charge in [0.05, 0.1) is 5.69 Å². The molecule has 1 amide bonds. The van der Waals surface area contributed by atoms with Crippen molar-refractivity contribution < 1.29 is 9.53 Å². The van der Waals surface area contributed by atoms with Gasteiger partial charge in [0.15, 0.2) is 12.4 Å². The van der Waals surface area contributed by atoms with E-state index in [1.165, 1.54) is 6.42 Å². The maximum atomic E-state index is 12.6. The molecule has 4 rings (SSSR count). The number of anilines is 2. The molecule has 1 aromatic heterocycles. The van der Waals surface area contributed by atoms with Gasteiger partial charge in [-0.1, -0.05) is 48.5 Å². The number of nitrogens with zero attached hydrogens (tertiary/aromatic N) is 2. The van der Waals surface area contributed by atoms with E-state index in [9.17, 15) is 4.79 Å². The van der Waals surface area contributed by atoms with E-state index in [-0.39, 0.29) is 12.5 Å². The molecule has 29 heavy (non-hydrogen) atoms. The van der Waals surface area contributed by atoms with Gasteiger partial charge >= 0.3 is 0 Å². The zero-order valence-electron chi connectivity index (χ0n) is 16.4. The van der Waals surface area contributed by atoms with Gasteiger partial charge in [-0.2, -0.15) is 0 Å². The first kappa shape index (κ1) is 19.0. The van der Waals surface area contributed by atoms with Crippen molar-refractivity contribution in [2.75, 3.05) is 29.9 Å². The Hall–Kier alpha value is -3.34. The van der Waals surface area contributed by atoms with Gasteiger partial charge in [-0.15, -0.1) is 0 Å². The third-order valence-corrected chi connectivity index (χ3v) is 5.05. The fourth-order valence-corrected chi connectivity index (χ4v) is 3.63. The molecule has 0 unspecified atom stereocenters. The zero-order chi connectivity index (χ0) is 19.9. The Morgan fingerprint density at radius 2 is 1.69 bits per heavy atom. The lowest BCUT2D eigenvalue weighted by atomic mass is 10.1. The molecule has 0 saturated carbocycles. The van der Waals surface area contributed by atoms with E-state index in [0.717, 1.165) is 48.6 Å². The predicted molar refractivity (Wildman–Crippen MR) is 116 cm³/mol. The van der Waals surface area contributed by atoms with E-state index in [1.807, 2.05) is 66.7 Å². The second kappa shape index (κ2) is 9.24. The molecule has 0 atom stereocenters. The Bertz CT molecular complexity index is 953. The van der Waals surface area contributed by atoms with Gasteiger partial charge in [0.1, 0.15) is 5.75 Å². The first-order chi connectivity index (χ1) is 14.3. The average Bonchev–Trinajstić information content (AvgIpc) is 2.79. The molecule has 1 fully saturated rings. The van der Waals surface area contributed by atoms with Crippen LogP contribution in [-0.4, -0.2) is 30.6 Å². The Kier molecular flexibility index (Phi) is 6.05. The van der Waals surface area contributed by atoms with Crippen molar-refractivity contribution in [3.05, 3.63) is 72.9 Å². The second-order valence-electron chi connectivity index (χ2n) is 7.12. The first-order valence-corrected chi connectivity index (χ1v) is 10.1. The van der Waals surface area contributed by atoms with Crippen LogP contribution in [0, 0.1) is 0 Å². The van der Waals surface area contributed by atoms with Crippen LogP contribution in [0.1, 0.15) is 19.3 Å². The highest BCUT2D eigenvalue weighted by Crippen LogP contribution is 2.30. The van der Waals surface area contributed by atoms with E-state index >= 15 is 0 Å². The van der Waals surface area contributed by atoms with Crippen molar-refractivity contribution in [3.8, 4) is 16.9 Å². The average molecular weight is 387 g/mol. The van der Waals surface area contributed by atoms with Gasteiger partial charge in [-0.05, 0) is 43.0 Å². The third-order valence-electron chi connectivity index (χ3n) is 5.05. The van der Waals surface area contributed by atoms with Crippen molar-refractivity contribution >= 4 is 17.4 Å². The molecule has 5 nitrogen and oxygen atoms in total. The molecule has 5 heteroatoms. The highest BCUT2D eigenvalue weighted by atomic mass is 16.5. The number of carbonyl (C=O) groups is 1. The van der Waals surface area contributed by atoms with Crippen molar-refractivity contribution in [3.63, 3.8) is 0 Å². The van der Waals surface area contributed by atoms with E-state index < -0.39 is 0 Å². The summed E-state index contributed by atoms with van der Waals surface area (Å²) in [5.41, 5.74) is 2.76. The maximum absolute atomic E-state index is 12.6. The Morgan fingerprint density at radius 1 is 0.931 bits per heavy atom. The minimum atomic E-state index is -0.195. The van der Waals surface area contributed by atoms with Crippen LogP contribution in [0.3, 0.4) is 0 Å². The number of hydrogen-bond donors (Lipinski definition) is 1. The van der Waals surface area contributed by atoms with Crippen molar-refractivity contribution in [1.82, 2.24) is 4.98 Å². The summed E-state index contributed by atoms with van der Waals surface area (Å²) in [7, 11) is 0. The summed E-state index contributed by atoms with van der Waals surface area (Å²) in [6.45, 7) is 1.89. The van der Waals surface area contributed by atoms with Gasteiger partial charge < -0.3 is 15.0 Å². The van der Waals surface area contributed by atoms with Gasteiger partial charge in [0, 0.05) is 24.8 Å². The van der Waals surface area contributed by atoms with E-state index in [2.05, 4.69) is 15.2 Å². The van der Waals surface area contributed by atoms with Crippen LogP contribution >= 0.6 is 0 Å². The highest BCUT2D eigenvalue weighted by molar-refractivity contribution is 5.94. The molecule has 0 aliphatic carbocycles. The number of amides is 1. The molecule has 1 saturated heterocycles. The summed E-state index contributed by atoms with van der Waals surface area (Å²) in [6, 6.07) is 21.5. The molecule has 0 spiro atoms. The second-order valence-corrected chi connectivity index (χ2v) is 7.12. The standard InChI is InChI=1S/C24H25N3O2/c28-23(26-21-13-9-15-25-24(21)27-16-7-2-8-17-27)18-29-22-14-6-5-12-20(22)19-10-3-1-4-11-19/h1,3-6,9-15H,2,7-8,16-18H2,(H,26,28).